The molecule has 0 aliphatic heterocycles. The van der Waals surface area contributed by atoms with Crippen molar-refractivity contribution in [3.8, 4) is 11.5 Å². The van der Waals surface area contributed by atoms with Crippen LogP contribution in [0.25, 0.3) is 0 Å². The van der Waals surface area contributed by atoms with Gasteiger partial charge in [0.15, 0.2) is 11.5 Å². The van der Waals surface area contributed by atoms with Crippen molar-refractivity contribution in [3.63, 3.8) is 0 Å². The van der Waals surface area contributed by atoms with Crippen molar-refractivity contribution in [3.05, 3.63) is 52.0 Å². The average molecular weight is 382 g/mol. The molecule has 0 aromatic heterocycles. The van der Waals surface area contributed by atoms with Crippen molar-refractivity contribution in [1.29, 1.82) is 0 Å². The van der Waals surface area contributed by atoms with E-state index in [2.05, 4.69) is 10.4 Å². The van der Waals surface area contributed by atoms with Crippen LogP contribution in [0.3, 0.4) is 0 Å². The monoisotopic (exact) mass is 381 g/mol. The van der Waals surface area contributed by atoms with Crippen LogP contribution >= 0.6 is 23.2 Å². The topological polar surface area (TPSA) is 100 Å². The minimum Gasteiger partial charge on any atom is -0.504 e. The Bertz CT molecular complexity index is 820. The lowest BCUT2D eigenvalue weighted by molar-refractivity contribution is -0.136. The summed E-state index contributed by atoms with van der Waals surface area (Å²) in [5, 5.41) is 16.5. The van der Waals surface area contributed by atoms with E-state index in [0.29, 0.717) is 15.6 Å². The first-order chi connectivity index (χ1) is 11.9. The van der Waals surface area contributed by atoms with E-state index in [9.17, 15) is 14.7 Å². The highest BCUT2D eigenvalue weighted by molar-refractivity contribution is 6.40. The zero-order valence-electron chi connectivity index (χ0n) is 12.9. The van der Waals surface area contributed by atoms with E-state index in [1.54, 1.807) is 18.2 Å². The fourth-order valence-electron chi connectivity index (χ4n) is 1.83. The number of phenols is 1. The predicted molar refractivity (Wildman–Crippen MR) is 95.5 cm³/mol. The zero-order chi connectivity index (χ0) is 18.4. The van der Waals surface area contributed by atoms with Gasteiger partial charge >= 0.3 is 11.8 Å². The van der Waals surface area contributed by atoms with E-state index in [1.165, 1.54) is 31.5 Å². The largest absolute Gasteiger partial charge is 0.504 e. The summed E-state index contributed by atoms with van der Waals surface area (Å²) in [6.07, 6.45) is 1.18. The van der Waals surface area contributed by atoms with Crippen molar-refractivity contribution >= 4 is 46.9 Å². The Morgan fingerprint density at radius 2 is 1.84 bits per heavy atom. The lowest BCUT2D eigenvalue weighted by Gasteiger charge is -2.06. The smallest absolute Gasteiger partial charge is 0.329 e. The fraction of sp³-hybridized carbons (Fsp3) is 0.0625. The minimum absolute atomic E-state index is 0.138. The van der Waals surface area contributed by atoms with Crippen LogP contribution < -0.4 is 15.5 Å². The van der Waals surface area contributed by atoms with E-state index < -0.39 is 11.8 Å². The number of carbonyl (C=O) groups is 2. The van der Waals surface area contributed by atoms with Crippen LogP contribution in [0.2, 0.25) is 10.0 Å². The molecule has 3 N–H and O–H groups in total. The SMILES string of the molecule is COc1cccc(/C=N\NC(=O)C(=O)Nc2cc(Cl)cc(Cl)c2)c1O. The standard InChI is InChI=1S/C16H13Cl2N3O4/c1-25-13-4-2-3-9(14(13)22)8-19-21-16(24)15(23)20-12-6-10(17)5-11(18)7-12/h2-8,22H,1H3,(H,20,23)(H,21,24)/b19-8-. The number of anilines is 1. The van der Waals surface area contributed by atoms with Gasteiger partial charge in [-0.15, -0.1) is 0 Å². The number of hydrazone groups is 1. The first-order valence-electron chi connectivity index (χ1n) is 6.87. The van der Waals surface area contributed by atoms with Crippen molar-refractivity contribution in [2.45, 2.75) is 0 Å². The molecular formula is C16H13Cl2N3O4. The van der Waals surface area contributed by atoms with Gasteiger partial charge < -0.3 is 15.2 Å². The summed E-state index contributed by atoms with van der Waals surface area (Å²) in [6.45, 7) is 0. The van der Waals surface area contributed by atoms with Gasteiger partial charge in [-0.05, 0) is 30.3 Å². The maximum Gasteiger partial charge on any atom is 0.329 e. The molecule has 130 valence electrons. The average Bonchev–Trinajstić information content (AvgIpc) is 2.55. The van der Waals surface area contributed by atoms with Crippen LogP contribution in [-0.2, 0) is 9.59 Å². The number of nitrogens with zero attached hydrogens (tertiary/aromatic N) is 1. The van der Waals surface area contributed by atoms with E-state index >= 15 is 0 Å². The molecule has 25 heavy (non-hydrogen) atoms. The summed E-state index contributed by atoms with van der Waals surface area (Å²) in [6, 6.07) is 9.13. The predicted octanol–water partition coefficient (Wildman–Crippen LogP) is 2.80. The van der Waals surface area contributed by atoms with Gasteiger partial charge in [0, 0.05) is 21.3 Å². The first kappa shape index (κ1) is 18.6. The van der Waals surface area contributed by atoms with Crippen LogP contribution in [0.1, 0.15) is 5.56 Å². The number of ether oxygens (including phenoxy) is 1. The van der Waals surface area contributed by atoms with E-state index in [4.69, 9.17) is 27.9 Å². The Balaban J connectivity index is 1.98. The third-order valence-corrected chi connectivity index (χ3v) is 3.38. The Morgan fingerprint density at radius 1 is 1.16 bits per heavy atom. The molecule has 9 heteroatoms. The molecule has 0 saturated heterocycles. The highest BCUT2D eigenvalue weighted by Crippen LogP contribution is 2.27. The molecule has 2 rings (SSSR count). The van der Waals surface area contributed by atoms with Crippen LogP contribution in [0.5, 0.6) is 11.5 Å². The van der Waals surface area contributed by atoms with Crippen LogP contribution in [0.4, 0.5) is 5.69 Å². The Hall–Kier alpha value is -2.77. The summed E-state index contributed by atoms with van der Waals surface area (Å²) in [5.41, 5.74) is 2.62. The Labute approximate surface area is 153 Å². The molecule has 0 heterocycles. The normalized spacial score (nSPS) is 10.5. The third-order valence-electron chi connectivity index (χ3n) is 2.95. The van der Waals surface area contributed by atoms with E-state index in [-0.39, 0.29) is 17.2 Å². The molecule has 0 spiro atoms. The molecule has 0 radical (unpaired) electrons. The van der Waals surface area contributed by atoms with Gasteiger partial charge in [-0.2, -0.15) is 5.10 Å². The molecule has 0 fully saturated rings. The molecule has 0 aliphatic carbocycles. The van der Waals surface area contributed by atoms with E-state index in [0.717, 1.165) is 0 Å². The molecule has 2 aromatic rings. The lowest BCUT2D eigenvalue weighted by Crippen LogP contribution is -2.32. The number of rotatable bonds is 4. The maximum atomic E-state index is 11.8. The van der Waals surface area contributed by atoms with Crippen LogP contribution in [0.15, 0.2) is 41.5 Å². The number of amides is 2. The summed E-state index contributed by atoms with van der Waals surface area (Å²) < 4.78 is 4.95. The van der Waals surface area contributed by atoms with E-state index in [1.807, 2.05) is 5.43 Å². The highest BCUT2D eigenvalue weighted by Gasteiger charge is 2.13. The number of hydrogen-bond donors (Lipinski definition) is 3. The fourth-order valence-corrected chi connectivity index (χ4v) is 2.36. The number of halogens is 2. The van der Waals surface area contributed by atoms with Crippen molar-refractivity contribution < 1.29 is 19.4 Å². The minimum atomic E-state index is -1.00. The van der Waals surface area contributed by atoms with Gasteiger partial charge in [-0.3, -0.25) is 9.59 Å². The van der Waals surface area contributed by atoms with Gasteiger partial charge in [-0.25, -0.2) is 5.43 Å². The third kappa shape index (κ3) is 5.10. The maximum absolute atomic E-state index is 11.8. The number of hydrogen-bond acceptors (Lipinski definition) is 5. The number of phenolic OH excluding ortho intramolecular Hbond substituents is 1. The second-order valence-electron chi connectivity index (χ2n) is 4.71. The molecule has 0 unspecified atom stereocenters. The second kappa shape index (κ2) is 8.36. The number of methoxy groups -OCH3 is 1. The molecular weight excluding hydrogens is 369 g/mol. The zero-order valence-corrected chi connectivity index (χ0v) is 14.4. The molecule has 0 aliphatic rings. The van der Waals surface area contributed by atoms with Gasteiger partial charge in [0.05, 0.1) is 13.3 Å². The summed E-state index contributed by atoms with van der Waals surface area (Å²) >= 11 is 11.6. The number of carbonyl (C=O) groups excluding carboxylic acids is 2. The molecule has 2 aromatic carbocycles. The first-order valence-corrected chi connectivity index (χ1v) is 7.62. The van der Waals surface area contributed by atoms with Crippen molar-refractivity contribution in [1.82, 2.24) is 5.43 Å². The van der Waals surface area contributed by atoms with Gasteiger partial charge in [0.1, 0.15) is 0 Å². The lowest BCUT2D eigenvalue weighted by atomic mass is 10.2. The number of nitrogens with one attached hydrogen (secondary N) is 2. The van der Waals surface area contributed by atoms with Crippen molar-refractivity contribution in [2.24, 2.45) is 5.10 Å². The van der Waals surface area contributed by atoms with Gasteiger partial charge in [0.2, 0.25) is 0 Å². The molecule has 0 bridgehead atoms. The molecule has 2 amide bonds. The number of benzene rings is 2. The Kier molecular flexibility index (Phi) is 6.21. The summed E-state index contributed by atoms with van der Waals surface area (Å²) in [5.74, 6) is -1.84. The van der Waals surface area contributed by atoms with Crippen molar-refractivity contribution in [2.75, 3.05) is 12.4 Å². The summed E-state index contributed by atoms with van der Waals surface area (Å²) in [4.78, 5) is 23.5. The number of aromatic hydroxyl groups is 1. The molecule has 0 atom stereocenters. The Morgan fingerprint density at radius 3 is 2.48 bits per heavy atom. The quantitative estimate of drug-likeness (QED) is 0.430. The van der Waals surface area contributed by atoms with Crippen LogP contribution in [0, 0.1) is 0 Å². The molecule has 7 nitrogen and oxygen atoms in total. The van der Waals surface area contributed by atoms with Gasteiger partial charge in [-0.1, -0.05) is 29.3 Å². The number of para-hydroxylation sites is 1. The highest BCUT2D eigenvalue weighted by atomic mass is 35.5. The molecule has 0 saturated carbocycles. The van der Waals surface area contributed by atoms with Crippen LogP contribution in [-0.4, -0.2) is 30.2 Å². The summed E-state index contributed by atoms with van der Waals surface area (Å²) in [7, 11) is 1.41. The second-order valence-corrected chi connectivity index (χ2v) is 5.58. The van der Waals surface area contributed by atoms with Gasteiger partial charge in [0.25, 0.3) is 0 Å².